The lowest BCUT2D eigenvalue weighted by Crippen LogP contribution is -2.51. The van der Waals surface area contributed by atoms with Gasteiger partial charge in [-0.2, -0.15) is 0 Å². The summed E-state index contributed by atoms with van der Waals surface area (Å²) in [6.45, 7) is 1.50. The molecule has 22 heavy (non-hydrogen) atoms. The summed E-state index contributed by atoms with van der Waals surface area (Å²) in [7, 11) is 1.46. The number of halogens is 1. The molecule has 1 aliphatic rings. The third kappa shape index (κ3) is 3.67. The van der Waals surface area contributed by atoms with E-state index < -0.39 is 11.8 Å². The largest absolute Gasteiger partial charge is 0.495 e. The van der Waals surface area contributed by atoms with E-state index in [0.717, 1.165) is 6.41 Å². The second-order valence-electron chi connectivity index (χ2n) is 4.73. The predicted molar refractivity (Wildman–Crippen MR) is 80.9 cm³/mol. The van der Waals surface area contributed by atoms with Crippen molar-refractivity contribution in [1.29, 1.82) is 0 Å². The van der Waals surface area contributed by atoms with E-state index in [2.05, 4.69) is 5.32 Å². The van der Waals surface area contributed by atoms with Gasteiger partial charge in [-0.1, -0.05) is 11.6 Å². The monoisotopic (exact) mass is 325 g/mol. The first-order chi connectivity index (χ1) is 10.5. The number of nitrogens with zero attached hydrogens (tertiary/aromatic N) is 2. The molecule has 1 aliphatic heterocycles. The van der Waals surface area contributed by atoms with Gasteiger partial charge in [0, 0.05) is 31.2 Å². The highest BCUT2D eigenvalue weighted by atomic mass is 35.5. The fourth-order valence-electron chi connectivity index (χ4n) is 2.13. The third-order valence-corrected chi connectivity index (χ3v) is 3.59. The number of rotatable bonds is 3. The molecule has 1 heterocycles. The lowest BCUT2D eigenvalue weighted by molar-refractivity contribution is -0.144. The molecule has 2 rings (SSSR count). The minimum absolute atomic E-state index is 0.331. The number of nitrogens with one attached hydrogen (secondary N) is 1. The van der Waals surface area contributed by atoms with Crippen LogP contribution in [0.2, 0.25) is 5.02 Å². The summed E-state index contributed by atoms with van der Waals surface area (Å²) >= 11 is 5.88. The molecule has 0 radical (unpaired) electrons. The SMILES string of the molecule is COc1ccc(Cl)cc1NC(=O)C(=O)N1CCN(C=O)CC1. The summed E-state index contributed by atoms with van der Waals surface area (Å²) in [4.78, 5) is 37.8. The zero-order chi connectivity index (χ0) is 16.1. The van der Waals surface area contributed by atoms with E-state index in [-0.39, 0.29) is 0 Å². The highest BCUT2D eigenvalue weighted by Crippen LogP contribution is 2.27. The number of benzene rings is 1. The van der Waals surface area contributed by atoms with Crippen LogP contribution >= 0.6 is 11.6 Å². The minimum atomic E-state index is -0.764. The third-order valence-electron chi connectivity index (χ3n) is 3.35. The Hall–Kier alpha value is -2.28. The Balaban J connectivity index is 2.01. The van der Waals surface area contributed by atoms with Crippen molar-refractivity contribution in [2.24, 2.45) is 0 Å². The highest BCUT2D eigenvalue weighted by molar-refractivity contribution is 6.40. The molecule has 3 amide bonds. The van der Waals surface area contributed by atoms with E-state index in [0.29, 0.717) is 42.6 Å². The van der Waals surface area contributed by atoms with Crippen LogP contribution in [0.5, 0.6) is 5.75 Å². The zero-order valence-electron chi connectivity index (χ0n) is 12.0. The molecule has 8 heteroatoms. The quantitative estimate of drug-likeness (QED) is 0.651. The lowest BCUT2D eigenvalue weighted by Gasteiger charge is -2.32. The van der Waals surface area contributed by atoms with Crippen molar-refractivity contribution in [2.45, 2.75) is 0 Å². The molecule has 1 aromatic rings. The number of carbonyl (C=O) groups is 3. The Morgan fingerprint density at radius 1 is 1.27 bits per heavy atom. The van der Waals surface area contributed by atoms with Gasteiger partial charge in [-0.3, -0.25) is 14.4 Å². The summed E-state index contributed by atoms with van der Waals surface area (Å²) in [6.07, 6.45) is 0.735. The maximum atomic E-state index is 12.1. The van der Waals surface area contributed by atoms with Crippen molar-refractivity contribution in [1.82, 2.24) is 9.80 Å². The minimum Gasteiger partial charge on any atom is -0.495 e. The van der Waals surface area contributed by atoms with Gasteiger partial charge in [-0.15, -0.1) is 0 Å². The second kappa shape index (κ2) is 7.13. The van der Waals surface area contributed by atoms with E-state index in [4.69, 9.17) is 16.3 Å². The zero-order valence-corrected chi connectivity index (χ0v) is 12.8. The predicted octanol–water partition coefficient (Wildman–Crippen LogP) is 0.588. The molecule has 1 N–H and O–H groups in total. The van der Waals surface area contributed by atoms with E-state index in [1.165, 1.54) is 18.1 Å². The number of amides is 3. The van der Waals surface area contributed by atoms with Gasteiger partial charge in [0.05, 0.1) is 12.8 Å². The van der Waals surface area contributed by atoms with Gasteiger partial charge in [0.2, 0.25) is 6.41 Å². The fraction of sp³-hybridized carbons (Fsp3) is 0.357. The summed E-state index contributed by atoms with van der Waals surface area (Å²) in [6, 6.07) is 4.73. The van der Waals surface area contributed by atoms with Crippen LogP contribution in [-0.4, -0.2) is 61.3 Å². The number of hydrogen-bond acceptors (Lipinski definition) is 4. The molecule has 0 saturated carbocycles. The van der Waals surface area contributed by atoms with Crippen molar-refractivity contribution < 1.29 is 19.1 Å². The van der Waals surface area contributed by atoms with Gasteiger partial charge in [0.1, 0.15) is 5.75 Å². The molecule has 0 bridgehead atoms. The van der Waals surface area contributed by atoms with Crippen LogP contribution in [0, 0.1) is 0 Å². The Morgan fingerprint density at radius 3 is 2.55 bits per heavy atom. The highest BCUT2D eigenvalue weighted by Gasteiger charge is 2.26. The number of ether oxygens (including phenoxy) is 1. The topological polar surface area (TPSA) is 79.0 Å². The van der Waals surface area contributed by atoms with Gasteiger partial charge >= 0.3 is 11.8 Å². The average molecular weight is 326 g/mol. The molecular weight excluding hydrogens is 310 g/mol. The van der Waals surface area contributed by atoms with Gasteiger partial charge < -0.3 is 19.9 Å². The van der Waals surface area contributed by atoms with Crippen LogP contribution in [0.1, 0.15) is 0 Å². The van der Waals surface area contributed by atoms with Crippen molar-refractivity contribution in [3.63, 3.8) is 0 Å². The van der Waals surface area contributed by atoms with E-state index >= 15 is 0 Å². The number of anilines is 1. The van der Waals surface area contributed by atoms with Gasteiger partial charge in [-0.05, 0) is 18.2 Å². The normalized spacial score (nSPS) is 14.5. The van der Waals surface area contributed by atoms with Gasteiger partial charge in [0.15, 0.2) is 0 Å². The van der Waals surface area contributed by atoms with Crippen molar-refractivity contribution in [3.8, 4) is 5.75 Å². The first kappa shape index (κ1) is 16.1. The lowest BCUT2D eigenvalue weighted by atomic mass is 10.2. The van der Waals surface area contributed by atoms with E-state index in [1.807, 2.05) is 0 Å². The molecule has 7 nitrogen and oxygen atoms in total. The number of hydrogen-bond donors (Lipinski definition) is 1. The standard InChI is InChI=1S/C14H16ClN3O4/c1-22-12-3-2-10(15)8-11(12)16-13(20)14(21)18-6-4-17(9-19)5-7-18/h2-3,8-9H,4-7H2,1H3,(H,16,20). The number of methoxy groups -OCH3 is 1. The molecule has 0 aliphatic carbocycles. The maximum Gasteiger partial charge on any atom is 0.314 e. The maximum absolute atomic E-state index is 12.1. The van der Waals surface area contributed by atoms with Gasteiger partial charge in [0.25, 0.3) is 0 Å². The molecule has 1 saturated heterocycles. The van der Waals surface area contributed by atoms with Crippen LogP contribution in [0.15, 0.2) is 18.2 Å². The molecule has 0 atom stereocenters. The Morgan fingerprint density at radius 2 is 1.95 bits per heavy atom. The van der Waals surface area contributed by atoms with Crippen molar-refractivity contribution in [3.05, 3.63) is 23.2 Å². The summed E-state index contributed by atoms with van der Waals surface area (Å²) in [5.41, 5.74) is 0.333. The van der Waals surface area contributed by atoms with Crippen LogP contribution < -0.4 is 10.1 Å². The molecule has 0 spiro atoms. The smallest absolute Gasteiger partial charge is 0.314 e. The average Bonchev–Trinajstić information content (AvgIpc) is 2.54. The molecule has 118 valence electrons. The molecule has 1 fully saturated rings. The van der Waals surface area contributed by atoms with Crippen LogP contribution in [0.4, 0.5) is 5.69 Å². The van der Waals surface area contributed by atoms with Gasteiger partial charge in [-0.25, -0.2) is 0 Å². The Kier molecular flexibility index (Phi) is 5.21. The first-order valence-corrected chi connectivity index (χ1v) is 7.06. The number of carbonyl (C=O) groups excluding carboxylic acids is 3. The van der Waals surface area contributed by atoms with Crippen LogP contribution in [-0.2, 0) is 14.4 Å². The molecule has 0 aromatic heterocycles. The second-order valence-corrected chi connectivity index (χ2v) is 5.17. The van der Waals surface area contributed by atoms with E-state index in [1.54, 1.807) is 17.0 Å². The van der Waals surface area contributed by atoms with Crippen molar-refractivity contribution >= 4 is 35.5 Å². The van der Waals surface area contributed by atoms with E-state index in [9.17, 15) is 14.4 Å². The summed E-state index contributed by atoms with van der Waals surface area (Å²) < 4.78 is 5.11. The number of piperazine rings is 1. The Labute approximate surface area is 132 Å². The van der Waals surface area contributed by atoms with Crippen LogP contribution in [0.3, 0.4) is 0 Å². The van der Waals surface area contributed by atoms with Crippen LogP contribution in [0.25, 0.3) is 0 Å². The summed E-state index contributed by atoms with van der Waals surface area (Å²) in [5, 5.41) is 2.92. The Bertz CT molecular complexity index is 585. The summed E-state index contributed by atoms with van der Waals surface area (Å²) in [5.74, 6) is -0.996. The van der Waals surface area contributed by atoms with Crippen molar-refractivity contribution in [2.75, 3.05) is 38.6 Å². The molecule has 1 aromatic carbocycles. The molecular formula is C14H16ClN3O4. The fourth-order valence-corrected chi connectivity index (χ4v) is 2.30. The first-order valence-electron chi connectivity index (χ1n) is 6.68. The molecule has 0 unspecified atom stereocenters.